The van der Waals surface area contributed by atoms with E-state index in [1.165, 1.54) is 5.56 Å². The van der Waals surface area contributed by atoms with E-state index < -0.39 is 0 Å². The SMILES string of the molecule is COc1ccc(C)cc1-c1cnc(C2CC(OC)CN2)[nH]1. The summed E-state index contributed by atoms with van der Waals surface area (Å²) in [5, 5.41) is 3.43. The number of H-pyrrole nitrogens is 1. The van der Waals surface area contributed by atoms with Crippen LogP contribution in [0.3, 0.4) is 0 Å². The van der Waals surface area contributed by atoms with Gasteiger partial charge in [0.2, 0.25) is 0 Å². The zero-order chi connectivity index (χ0) is 14.8. The van der Waals surface area contributed by atoms with Crippen LogP contribution in [-0.4, -0.2) is 36.8 Å². The van der Waals surface area contributed by atoms with E-state index in [1.807, 2.05) is 18.3 Å². The summed E-state index contributed by atoms with van der Waals surface area (Å²) in [6.07, 6.45) is 3.07. The molecule has 0 aliphatic carbocycles. The molecule has 5 nitrogen and oxygen atoms in total. The van der Waals surface area contributed by atoms with Gasteiger partial charge in [0.05, 0.1) is 31.1 Å². The van der Waals surface area contributed by atoms with Gasteiger partial charge in [-0.2, -0.15) is 0 Å². The fourth-order valence-electron chi connectivity index (χ4n) is 2.77. The Morgan fingerprint density at radius 2 is 2.14 bits per heavy atom. The molecule has 0 amide bonds. The molecule has 3 rings (SSSR count). The van der Waals surface area contributed by atoms with Crippen molar-refractivity contribution in [3.05, 3.63) is 35.8 Å². The number of ether oxygens (including phenoxy) is 2. The molecule has 1 aromatic heterocycles. The number of benzene rings is 1. The second-order valence-electron chi connectivity index (χ2n) is 5.44. The van der Waals surface area contributed by atoms with Gasteiger partial charge in [0, 0.05) is 19.2 Å². The van der Waals surface area contributed by atoms with E-state index in [0.717, 1.165) is 35.8 Å². The molecule has 2 aromatic rings. The van der Waals surface area contributed by atoms with Gasteiger partial charge < -0.3 is 19.8 Å². The number of aromatic amines is 1. The van der Waals surface area contributed by atoms with Crippen molar-refractivity contribution < 1.29 is 9.47 Å². The molecule has 2 atom stereocenters. The van der Waals surface area contributed by atoms with Gasteiger partial charge in [-0.05, 0) is 25.5 Å². The number of aromatic nitrogens is 2. The normalized spacial score (nSPS) is 21.7. The number of methoxy groups -OCH3 is 2. The summed E-state index contributed by atoms with van der Waals surface area (Å²) in [7, 11) is 3.44. The van der Waals surface area contributed by atoms with E-state index in [2.05, 4.69) is 28.3 Å². The minimum absolute atomic E-state index is 0.222. The zero-order valence-corrected chi connectivity index (χ0v) is 12.6. The third-order valence-corrected chi connectivity index (χ3v) is 3.99. The first-order chi connectivity index (χ1) is 10.2. The number of imidazole rings is 1. The van der Waals surface area contributed by atoms with E-state index in [-0.39, 0.29) is 12.1 Å². The van der Waals surface area contributed by atoms with Crippen molar-refractivity contribution in [2.45, 2.75) is 25.5 Å². The van der Waals surface area contributed by atoms with E-state index in [9.17, 15) is 0 Å². The van der Waals surface area contributed by atoms with Crippen LogP contribution in [-0.2, 0) is 4.74 Å². The lowest BCUT2D eigenvalue weighted by atomic mass is 10.1. The molecule has 2 N–H and O–H groups in total. The van der Waals surface area contributed by atoms with Gasteiger partial charge in [-0.1, -0.05) is 11.6 Å². The lowest BCUT2D eigenvalue weighted by Crippen LogP contribution is -2.16. The van der Waals surface area contributed by atoms with Gasteiger partial charge in [-0.25, -0.2) is 4.98 Å². The number of aryl methyl sites for hydroxylation is 1. The summed E-state index contributed by atoms with van der Waals surface area (Å²) < 4.78 is 10.8. The summed E-state index contributed by atoms with van der Waals surface area (Å²) >= 11 is 0. The molecule has 112 valence electrons. The highest BCUT2D eigenvalue weighted by Crippen LogP contribution is 2.31. The third kappa shape index (κ3) is 2.80. The molecule has 0 spiro atoms. The van der Waals surface area contributed by atoms with Crippen molar-refractivity contribution >= 4 is 0 Å². The van der Waals surface area contributed by atoms with E-state index in [0.29, 0.717) is 0 Å². The second-order valence-corrected chi connectivity index (χ2v) is 5.44. The lowest BCUT2D eigenvalue weighted by Gasteiger charge is -2.09. The summed E-state index contributed by atoms with van der Waals surface area (Å²) in [5.41, 5.74) is 3.21. The number of nitrogens with one attached hydrogen (secondary N) is 2. The van der Waals surface area contributed by atoms with Crippen LogP contribution in [0, 0.1) is 6.92 Å². The first kappa shape index (κ1) is 14.1. The molecule has 0 radical (unpaired) electrons. The minimum atomic E-state index is 0.222. The highest BCUT2D eigenvalue weighted by atomic mass is 16.5. The number of rotatable bonds is 4. The molecule has 2 unspecified atom stereocenters. The largest absolute Gasteiger partial charge is 0.496 e. The monoisotopic (exact) mass is 287 g/mol. The minimum Gasteiger partial charge on any atom is -0.496 e. The molecular weight excluding hydrogens is 266 g/mol. The maximum Gasteiger partial charge on any atom is 0.128 e. The Balaban J connectivity index is 1.87. The van der Waals surface area contributed by atoms with E-state index >= 15 is 0 Å². The van der Waals surface area contributed by atoms with Crippen LogP contribution in [0.2, 0.25) is 0 Å². The standard InChI is InChI=1S/C16H21N3O2/c1-10-4-5-15(21-3)12(6-10)14-9-18-16(19-14)13-7-11(20-2)8-17-13/h4-6,9,11,13,17H,7-8H2,1-3H3,(H,18,19). The fourth-order valence-corrected chi connectivity index (χ4v) is 2.77. The predicted molar refractivity (Wildman–Crippen MR) is 81.5 cm³/mol. The topological polar surface area (TPSA) is 59.2 Å². The van der Waals surface area contributed by atoms with Crippen LogP contribution >= 0.6 is 0 Å². The molecule has 1 saturated heterocycles. The number of nitrogens with zero attached hydrogens (tertiary/aromatic N) is 1. The van der Waals surface area contributed by atoms with Crippen LogP contribution in [0.1, 0.15) is 23.9 Å². The van der Waals surface area contributed by atoms with Crippen molar-refractivity contribution in [3.8, 4) is 17.0 Å². The molecule has 21 heavy (non-hydrogen) atoms. The van der Waals surface area contributed by atoms with Crippen LogP contribution < -0.4 is 10.1 Å². The van der Waals surface area contributed by atoms with Gasteiger partial charge in [0.15, 0.2) is 0 Å². The van der Waals surface area contributed by atoms with Crippen LogP contribution in [0.25, 0.3) is 11.3 Å². The second kappa shape index (κ2) is 5.87. The van der Waals surface area contributed by atoms with E-state index in [1.54, 1.807) is 14.2 Å². The molecule has 2 heterocycles. The van der Waals surface area contributed by atoms with Crippen molar-refractivity contribution in [2.75, 3.05) is 20.8 Å². The molecule has 1 aliphatic rings. The molecule has 5 heteroatoms. The number of hydrogen-bond donors (Lipinski definition) is 2. The van der Waals surface area contributed by atoms with Gasteiger partial charge in [-0.3, -0.25) is 0 Å². The van der Waals surface area contributed by atoms with Crippen molar-refractivity contribution in [3.63, 3.8) is 0 Å². The summed E-state index contributed by atoms with van der Waals surface area (Å²) in [5.74, 6) is 1.80. The Labute approximate surface area is 124 Å². The maximum atomic E-state index is 5.44. The average Bonchev–Trinajstić information content (AvgIpc) is 3.16. The first-order valence-electron chi connectivity index (χ1n) is 7.17. The van der Waals surface area contributed by atoms with Gasteiger partial charge in [-0.15, -0.1) is 0 Å². The Morgan fingerprint density at radius 1 is 1.29 bits per heavy atom. The van der Waals surface area contributed by atoms with E-state index in [4.69, 9.17) is 9.47 Å². The lowest BCUT2D eigenvalue weighted by molar-refractivity contribution is 0.117. The quantitative estimate of drug-likeness (QED) is 0.907. The highest BCUT2D eigenvalue weighted by molar-refractivity contribution is 5.67. The summed E-state index contributed by atoms with van der Waals surface area (Å²) in [6.45, 7) is 2.94. The molecule has 0 saturated carbocycles. The summed E-state index contributed by atoms with van der Waals surface area (Å²) in [4.78, 5) is 7.93. The molecule has 1 fully saturated rings. The van der Waals surface area contributed by atoms with Gasteiger partial charge in [0.25, 0.3) is 0 Å². The fraction of sp³-hybridized carbons (Fsp3) is 0.438. The smallest absolute Gasteiger partial charge is 0.128 e. The summed E-state index contributed by atoms with van der Waals surface area (Å²) in [6, 6.07) is 6.36. The van der Waals surface area contributed by atoms with Gasteiger partial charge in [0.1, 0.15) is 11.6 Å². The van der Waals surface area contributed by atoms with Crippen LogP contribution in [0.4, 0.5) is 0 Å². The molecule has 1 aromatic carbocycles. The average molecular weight is 287 g/mol. The van der Waals surface area contributed by atoms with Crippen molar-refractivity contribution in [2.24, 2.45) is 0 Å². The maximum absolute atomic E-state index is 5.44. The molecular formula is C16H21N3O2. The number of hydrogen-bond acceptors (Lipinski definition) is 4. The molecule has 1 aliphatic heterocycles. The highest BCUT2D eigenvalue weighted by Gasteiger charge is 2.27. The Morgan fingerprint density at radius 3 is 2.86 bits per heavy atom. The zero-order valence-electron chi connectivity index (χ0n) is 12.6. The first-order valence-corrected chi connectivity index (χ1v) is 7.17. The Kier molecular flexibility index (Phi) is 3.94. The van der Waals surface area contributed by atoms with Gasteiger partial charge >= 0.3 is 0 Å². The van der Waals surface area contributed by atoms with Crippen LogP contribution in [0.5, 0.6) is 5.75 Å². The van der Waals surface area contributed by atoms with Crippen molar-refractivity contribution in [1.82, 2.24) is 15.3 Å². The predicted octanol–water partition coefficient (Wildman–Crippen LogP) is 2.44. The van der Waals surface area contributed by atoms with Crippen LogP contribution in [0.15, 0.2) is 24.4 Å². The third-order valence-electron chi connectivity index (χ3n) is 3.99. The molecule has 0 bridgehead atoms. The Hall–Kier alpha value is -1.85. The Bertz CT molecular complexity index is 624. The van der Waals surface area contributed by atoms with Crippen molar-refractivity contribution in [1.29, 1.82) is 0 Å².